The molecule has 0 spiro atoms. The van der Waals surface area contributed by atoms with Crippen molar-refractivity contribution in [2.75, 3.05) is 0 Å². The van der Waals surface area contributed by atoms with Crippen molar-refractivity contribution in [2.45, 2.75) is 13.1 Å². The SMILES string of the molecule is Cc1cc(-n2ncc(C(=O)O)c2C(F)(F)F)nc2ccccc12. The third-order valence-electron chi connectivity index (χ3n) is 3.39. The molecule has 0 aliphatic heterocycles. The fraction of sp³-hybridized carbons (Fsp3) is 0.133. The van der Waals surface area contributed by atoms with Gasteiger partial charge in [-0.3, -0.25) is 0 Å². The summed E-state index contributed by atoms with van der Waals surface area (Å²) in [5.41, 5.74) is -1.05. The third-order valence-corrected chi connectivity index (χ3v) is 3.39. The predicted octanol–water partition coefficient (Wildman–Crippen LogP) is 3.45. The van der Waals surface area contributed by atoms with Gasteiger partial charge in [0, 0.05) is 5.39 Å². The molecule has 1 N–H and O–H groups in total. The summed E-state index contributed by atoms with van der Waals surface area (Å²) in [6, 6.07) is 8.43. The van der Waals surface area contributed by atoms with Crippen molar-refractivity contribution in [2.24, 2.45) is 0 Å². The zero-order valence-electron chi connectivity index (χ0n) is 11.8. The summed E-state index contributed by atoms with van der Waals surface area (Å²) < 4.78 is 40.3. The van der Waals surface area contributed by atoms with Crippen LogP contribution in [-0.4, -0.2) is 25.8 Å². The van der Waals surface area contributed by atoms with Gasteiger partial charge < -0.3 is 5.11 Å². The number of nitrogens with zero attached hydrogens (tertiary/aromatic N) is 3. The number of carboxylic acids is 1. The molecule has 0 aliphatic carbocycles. The Morgan fingerprint density at radius 3 is 2.61 bits per heavy atom. The van der Waals surface area contributed by atoms with Gasteiger partial charge in [0.1, 0.15) is 5.56 Å². The Labute approximate surface area is 128 Å². The van der Waals surface area contributed by atoms with Crippen molar-refractivity contribution in [3.63, 3.8) is 0 Å². The number of halogens is 3. The summed E-state index contributed by atoms with van der Waals surface area (Å²) in [6.45, 7) is 1.74. The van der Waals surface area contributed by atoms with Gasteiger partial charge in [0.15, 0.2) is 11.5 Å². The van der Waals surface area contributed by atoms with E-state index < -0.39 is 23.4 Å². The number of fused-ring (bicyclic) bond motifs is 1. The largest absolute Gasteiger partial charge is 0.478 e. The van der Waals surface area contributed by atoms with Crippen LogP contribution in [0.15, 0.2) is 36.5 Å². The highest BCUT2D eigenvalue weighted by Crippen LogP contribution is 2.33. The monoisotopic (exact) mass is 321 g/mol. The van der Waals surface area contributed by atoms with Crippen LogP contribution in [0.25, 0.3) is 16.7 Å². The molecule has 0 fully saturated rings. The Kier molecular flexibility index (Phi) is 3.32. The van der Waals surface area contributed by atoms with E-state index in [1.54, 1.807) is 31.2 Å². The van der Waals surface area contributed by atoms with Crippen molar-refractivity contribution in [1.29, 1.82) is 0 Å². The Bertz CT molecular complexity index is 916. The Balaban J connectivity index is 2.29. The van der Waals surface area contributed by atoms with Crippen molar-refractivity contribution in [1.82, 2.24) is 14.8 Å². The van der Waals surface area contributed by atoms with Gasteiger partial charge in [-0.25, -0.2) is 14.5 Å². The van der Waals surface area contributed by atoms with E-state index in [2.05, 4.69) is 10.1 Å². The van der Waals surface area contributed by atoms with Gasteiger partial charge >= 0.3 is 12.1 Å². The highest BCUT2D eigenvalue weighted by atomic mass is 19.4. The number of pyridine rings is 1. The maximum atomic E-state index is 13.3. The number of alkyl halides is 3. The van der Waals surface area contributed by atoms with Crippen LogP contribution in [0.5, 0.6) is 0 Å². The molecule has 0 atom stereocenters. The molecule has 8 heteroatoms. The second-order valence-corrected chi connectivity index (χ2v) is 4.94. The number of carboxylic acid groups (broad SMARTS) is 1. The van der Waals surface area contributed by atoms with Gasteiger partial charge in [-0.05, 0) is 24.6 Å². The van der Waals surface area contributed by atoms with E-state index >= 15 is 0 Å². The summed E-state index contributed by atoms with van der Waals surface area (Å²) in [5.74, 6) is -1.78. The first kappa shape index (κ1) is 15.0. The molecule has 0 bridgehead atoms. The Hall–Kier alpha value is -2.90. The van der Waals surface area contributed by atoms with E-state index in [4.69, 9.17) is 5.11 Å². The van der Waals surface area contributed by atoms with Crippen molar-refractivity contribution < 1.29 is 23.1 Å². The van der Waals surface area contributed by atoms with Crippen LogP contribution in [-0.2, 0) is 6.18 Å². The number of carbonyl (C=O) groups is 1. The minimum Gasteiger partial charge on any atom is -0.478 e. The summed E-state index contributed by atoms with van der Waals surface area (Å²) in [4.78, 5) is 15.2. The smallest absolute Gasteiger partial charge is 0.434 e. The molecule has 3 aromatic rings. The normalized spacial score (nSPS) is 11.8. The van der Waals surface area contributed by atoms with Crippen LogP contribution < -0.4 is 0 Å². The number of aromatic nitrogens is 3. The molecule has 0 saturated heterocycles. The maximum Gasteiger partial charge on any atom is 0.434 e. The van der Waals surface area contributed by atoms with Crippen molar-refractivity contribution in [3.05, 3.63) is 53.3 Å². The van der Waals surface area contributed by atoms with Crippen LogP contribution in [0.2, 0.25) is 0 Å². The number of aromatic carboxylic acids is 1. The fourth-order valence-corrected chi connectivity index (χ4v) is 2.39. The summed E-state index contributed by atoms with van der Waals surface area (Å²) in [7, 11) is 0. The molecular weight excluding hydrogens is 311 g/mol. The minimum atomic E-state index is -4.87. The van der Waals surface area contributed by atoms with Gasteiger partial charge in [0.05, 0.1) is 11.7 Å². The number of aryl methyl sites for hydroxylation is 1. The highest BCUT2D eigenvalue weighted by molar-refractivity contribution is 5.89. The van der Waals surface area contributed by atoms with Crippen LogP contribution in [0.3, 0.4) is 0 Å². The lowest BCUT2D eigenvalue weighted by molar-refractivity contribution is -0.143. The van der Waals surface area contributed by atoms with Gasteiger partial charge in [-0.2, -0.15) is 18.3 Å². The van der Waals surface area contributed by atoms with Crippen LogP contribution in [0.4, 0.5) is 13.2 Å². The van der Waals surface area contributed by atoms with E-state index in [1.165, 1.54) is 6.07 Å². The summed E-state index contributed by atoms with van der Waals surface area (Å²) in [5, 5.41) is 13.3. The lowest BCUT2D eigenvalue weighted by atomic mass is 10.1. The molecular formula is C15H10F3N3O2. The number of hydrogen-bond donors (Lipinski definition) is 1. The molecule has 0 radical (unpaired) electrons. The van der Waals surface area contributed by atoms with Gasteiger partial charge in [-0.1, -0.05) is 18.2 Å². The van der Waals surface area contributed by atoms with Gasteiger partial charge in [-0.15, -0.1) is 0 Å². The molecule has 0 unspecified atom stereocenters. The van der Waals surface area contributed by atoms with Crippen molar-refractivity contribution >= 4 is 16.9 Å². The second kappa shape index (κ2) is 5.08. The predicted molar refractivity (Wildman–Crippen MR) is 75.6 cm³/mol. The Morgan fingerprint density at radius 2 is 1.96 bits per heavy atom. The van der Waals surface area contributed by atoms with E-state index in [9.17, 15) is 18.0 Å². The third kappa shape index (κ3) is 2.52. The molecule has 1 aromatic carbocycles. The molecule has 23 heavy (non-hydrogen) atoms. The average molecular weight is 321 g/mol. The van der Waals surface area contributed by atoms with E-state index in [1.807, 2.05) is 0 Å². The molecule has 2 heterocycles. The zero-order chi connectivity index (χ0) is 16.8. The summed E-state index contributed by atoms with van der Waals surface area (Å²) in [6.07, 6.45) is -4.19. The Morgan fingerprint density at radius 1 is 1.26 bits per heavy atom. The standard InChI is InChI=1S/C15H10F3N3O2/c1-8-6-12(20-11-5-3-2-4-9(8)11)21-13(15(16,17)18)10(7-19-21)14(22)23/h2-7H,1H3,(H,22,23). The molecule has 118 valence electrons. The topological polar surface area (TPSA) is 68.0 Å². The van der Waals surface area contributed by atoms with E-state index in [0.29, 0.717) is 22.0 Å². The van der Waals surface area contributed by atoms with E-state index in [-0.39, 0.29) is 5.82 Å². The molecule has 0 aliphatic rings. The number of hydrogen-bond acceptors (Lipinski definition) is 3. The molecule has 0 amide bonds. The summed E-state index contributed by atoms with van der Waals surface area (Å²) >= 11 is 0. The molecule has 2 aromatic heterocycles. The average Bonchev–Trinajstić information content (AvgIpc) is 2.92. The quantitative estimate of drug-likeness (QED) is 0.785. The lowest BCUT2D eigenvalue weighted by Crippen LogP contribution is -2.18. The second-order valence-electron chi connectivity index (χ2n) is 4.94. The molecule has 3 rings (SSSR count). The first-order valence-electron chi connectivity index (χ1n) is 6.54. The maximum absolute atomic E-state index is 13.3. The van der Waals surface area contributed by atoms with Crippen LogP contribution in [0.1, 0.15) is 21.6 Å². The fourth-order valence-electron chi connectivity index (χ4n) is 2.39. The van der Waals surface area contributed by atoms with Crippen LogP contribution >= 0.6 is 0 Å². The van der Waals surface area contributed by atoms with Crippen molar-refractivity contribution in [3.8, 4) is 5.82 Å². The zero-order valence-corrected chi connectivity index (χ0v) is 11.8. The number of benzene rings is 1. The van der Waals surface area contributed by atoms with Gasteiger partial charge in [0.25, 0.3) is 0 Å². The first-order chi connectivity index (χ1) is 10.8. The van der Waals surface area contributed by atoms with E-state index in [0.717, 1.165) is 5.39 Å². The van der Waals surface area contributed by atoms with Gasteiger partial charge in [0.2, 0.25) is 0 Å². The molecule has 5 nitrogen and oxygen atoms in total. The number of rotatable bonds is 2. The minimum absolute atomic E-state index is 0.0824. The molecule has 0 saturated carbocycles. The highest BCUT2D eigenvalue weighted by Gasteiger charge is 2.41. The van der Waals surface area contributed by atoms with Crippen LogP contribution in [0, 0.1) is 6.92 Å². The lowest BCUT2D eigenvalue weighted by Gasteiger charge is -2.12. The number of para-hydroxylation sites is 1. The first-order valence-corrected chi connectivity index (χ1v) is 6.54.